The van der Waals surface area contributed by atoms with Gasteiger partial charge >= 0.3 is 0 Å². The predicted octanol–water partition coefficient (Wildman–Crippen LogP) is 1.77. The van der Waals surface area contributed by atoms with Crippen molar-refractivity contribution in [3.8, 4) is 0 Å². The Kier molecular flexibility index (Phi) is 4.21. The number of halogens is 1. The number of hydrogen-bond donors (Lipinski definition) is 3. The first kappa shape index (κ1) is 14.1. The van der Waals surface area contributed by atoms with Crippen molar-refractivity contribution < 1.29 is 0 Å². The molecule has 1 fully saturated rings. The van der Waals surface area contributed by atoms with Crippen LogP contribution >= 0.6 is 11.6 Å². The lowest BCUT2D eigenvalue weighted by molar-refractivity contribution is 0.632. The quantitative estimate of drug-likeness (QED) is 0.781. The molecule has 0 unspecified atom stereocenters. The molecule has 0 aliphatic carbocycles. The van der Waals surface area contributed by atoms with E-state index in [4.69, 9.17) is 11.6 Å². The van der Waals surface area contributed by atoms with Gasteiger partial charge in [-0.2, -0.15) is 10.1 Å². The fourth-order valence-electron chi connectivity index (χ4n) is 2.32. The number of rotatable bonds is 5. The van der Waals surface area contributed by atoms with Crippen LogP contribution in [0.1, 0.15) is 12.8 Å². The largest absolute Gasteiger partial charge is 0.367 e. The van der Waals surface area contributed by atoms with Crippen LogP contribution in [0.3, 0.4) is 0 Å². The molecule has 0 amide bonds. The molecule has 21 heavy (non-hydrogen) atoms. The maximum Gasteiger partial charge on any atom is 0.229 e. The smallest absolute Gasteiger partial charge is 0.229 e. The van der Waals surface area contributed by atoms with E-state index in [0.29, 0.717) is 22.8 Å². The van der Waals surface area contributed by atoms with Crippen molar-refractivity contribution >= 4 is 29.1 Å². The Morgan fingerprint density at radius 2 is 2.38 bits per heavy atom. The second kappa shape index (κ2) is 6.28. The van der Waals surface area contributed by atoms with Gasteiger partial charge in [0.1, 0.15) is 5.02 Å². The molecule has 8 heteroatoms. The van der Waals surface area contributed by atoms with E-state index in [1.165, 1.54) is 12.8 Å². The summed E-state index contributed by atoms with van der Waals surface area (Å²) in [5.74, 6) is 1.14. The Morgan fingerprint density at radius 3 is 3.10 bits per heavy atom. The first-order valence-corrected chi connectivity index (χ1v) is 7.34. The molecule has 1 aliphatic rings. The van der Waals surface area contributed by atoms with Crippen LogP contribution in [0.4, 0.5) is 17.5 Å². The first-order chi connectivity index (χ1) is 10.2. The maximum atomic E-state index is 6.14. The molecule has 0 spiro atoms. The zero-order valence-electron chi connectivity index (χ0n) is 11.8. The second-order valence-electron chi connectivity index (χ2n) is 5.09. The van der Waals surface area contributed by atoms with Gasteiger partial charge in [0.05, 0.1) is 18.1 Å². The van der Waals surface area contributed by atoms with Crippen molar-refractivity contribution in [3.63, 3.8) is 0 Å². The summed E-state index contributed by atoms with van der Waals surface area (Å²) in [6.07, 6.45) is 7.56. The highest BCUT2D eigenvalue weighted by molar-refractivity contribution is 6.32. The summed E-state index contributed by atoms with van der Waals surface area (Å²) >= 11 is 6.14. The minimum atomic E-state index is 0.478. The molecule has 7 nitrogen and oxygen atoms in total. The number of aryl methyl sites for hydroxylation is 1. The molecule has 1 atom stereocenters. The van der Waals surface area contributed by atoms with Gasteiger partial charge in [-0.3, -0.25) is 4.68 Å². The number of nitrogens with zero attached hydrogens (tertiary/aromatic N) is 4. The summed E-state index contributed by atoms with van der Waals surface area (Å²) in [5, 5.41) is 14.4. The van der Waals surface area contributed by atoms with Crippen LogP contribution in [0.25, 0.3) is 0 Å². The lowest BCUT2D eigenvalue weighted by Gasteiger charge is -2.13. The van der Waals surface area contributed by atoms with Gasteiger partial charge < -0.3 is 16.0 Å². The molecule has 1 aliphatic heterocycles. The second-order valence-corrected chi connectivity index (χ2v) is 5.50. The molecule has 1 saturated heterocycles. The van der Waals surface area contributed by atoms with Crippen molar-refractivity contribution in [2.75, 3.05) is 23.7 Å². The zero-order chi connectivity index (χ0) is 14.7. The van der Waals surface area contributed by atoms with Crippen LogP contribution in [-0.4, -0.2) is 38.9 Å². The van der Waals surface area contributed by atoms with Gasteiger partial charge in [-0.1, -0.05) is 11.6 Å². The minimum Gasteiger partial charge on any atom is -0.367 e. The molecular formula is C13H18ClN7. The first-order valence-electron chi connectivity index (χ1n) is 6.96. The summed E-state index contributed by atoms with van der Waals surface area (Å²) < 4.78 is 1.71. The van der Waals surface area contributed by atoms with Gasteiger partial charge in [-0.05, 0) is 19.4 Å². The summed E-state index contributed by atoms with van der Waals surface area (Å²) in [6, 6.07) is 0.478. The highest BCUT2D eigenvalue weighted by atomic mass is 35.5. The molecule has 3 heterocycles. The summed E-state index contributed by atoms with van der Waals surface area (Å²) in [5.41, 5.74) is 0.836. The van der Waals surface area contributed by atoms with E-state index in [1.807, 2.05) is 13.2 Å². The van der Waals surface area contributed by atoms with Crippen molar-refractivity contribution in [1.82, 2.24) is 25.1 Å². The summed E-state index contributed by atoms with van der Waals surface area (Å²) in [6.45, 7) is 1.89. The van der Waals surface area contributed by atoms with Crippen LogP contribution in [0.2, 0.25) is 5.02 Å². The van der Waals surface area contributed by atoms with Crippen LogP contribution in [-0.2, 0) is 7.05 Å². The third-order valence-corrected chi connectivity index (χ3v) is 3.66. The summed E-state index contributed by atoms with van der Waals surface area (Å²) in [4.78, 5) is 8.58. The molecular weight excluding hydrogens is 290 g/mol. The van der Waals surface area contributed by atoms with Gasteiger partial charge in [0, 0.05) is 25.8 Å². The number of aromatic nitrogens is 4. The molecule has 112 valence electrons. The van der Waals surface area contributed by atoms with Gasteiger partial charge in [0.25, 0.3) is 0 Å². The van der Waals surface area contributed by atoms with Crippen molar-refractivity contribution in [1.29, 1.82) is 0 Å². The maximum absolute atomic E-state index is 6.14. The monoisotopic (exact) mass is 307 g/mol. The average Bonchev–Trinajstić information content (AvgIpc) is 3.11. The fourth-order valence-corrected chi connectivity index (χ4v) is 2.47. The lowest BCUT2D eigenvalue weighted by atomic mass is 10.2. The molecule has 3 N–H and O–H groups in total. The fraction of sp³-hybridized carbons (Fsp3) is 0.462. The Morgan fingerprint density at radius 1 is 1.48 bits per heavy atom. The van der Waals surface area contributed by atoms with E-state index in [2.05, 4.69) is 31.0 Å². The van der Waals surface area contributed by atoms with Gasteiger partial charge in [0.15, 0.2) is 5.82 Å². The van der Waals surface area contributed by atoms with E-state index in [1.54, 1.807) is 17.1 Å². The standard InChI is InChI=1S/C13H18ClN7/c1-21-8-10(6-18-21)19-13-17-7-11(14)12(20-13)16-5-9-3-2-4-15-9/h6-9,15H,2-5H2,1H3,(H2,16,17,19,20)/t9-/m0/s1. The third kappa shape index (κ3) is 3.62. The van der Waals surface area contributed by atoms with Crippen molar-refractivity contribution in [3.05, 3.63) is 23.6 Å². The molecule has 0 bridgehead atoms. The average molecular weight is 308 g/mol. The van der Waals surface area contributed by atoms with Gasteiger partial charge in [-0.25, -0.2) is 4.98 Å². The normalized spacial score (nSPS) is 17.9. The van der Waals surface area contributed by atoms with Crippen molar-refractivity contribution in [2.24, 2.45) is 7.05 Å². The molecule has 3 rings (SSSR count). The van der Waals surface area contributed by atoms with Gasteiger partial charge in [0.2, 0.25) is 5.95 Å². The number of nitrogens with one attached hydrogen (secondary N) is 3. The SMILES string of the molecule is Cn1cc(Nc2ncc(Cl)c(NC[C@@H]3CCCN3)n2)cn1. The Labute approximate surface area is 128 Å². The number of anilines is 3. The summed E-state index contributed by atoms with van der Waals surface area (Å²) in [7, 11) is 1.86. The van der Waals surface area contributed by atoms with Crippen molar-refractivity contribution in [2.45, 2.75) is 18.9 Å². The van der Waals surface area contributed by atoms with Crippen LogP contribution in [0, 0.1) is 0 Å². The molecule has 0 aromatic carbocycles. The highest BCUT2D eigenvalue weighted by Crippen LogP contribution is 2.21. The number of hydrogen-bond acceptors (Lipinski definition) is 6. The van der Waals surface area contributed by atoms with Crippen LogP contribution in [0.5, 0.6) is 0 Å². The van der Waals surface area contributed by atoms with E-state index < -0.39 is 0 Å². The van der Waals surface area contributed by atoms with E-state index in [-0.39, 0.29) is 0 Å². The lowest BCUT2D eigenvalue weighted by Crippen LogP contribution is -2.29. The Hall–Kier alpha value is -1.86. The minimum absolute atomic E-state index is 0.478. The zero-order valence-corrected chi connectivity index (χ0v) is 12.6. The predicted molar refractivity (Wildman–Crippen MR) is 83.0 cm³/mol. The van der Waals surface area contributed by atoms with Crippen LogP contribution < -0.4 is 16.0 Å². The van der Waals surface area contributed by atoms with E-state index in [0.717, 1.165) is 18.8 Å². The van der Waals surface area contributed by atoms with Gasteiger partial charge in [-0.15, -0.1) is 0 Å². The molecule has 0 saturated carbocycles. The van der Waals surface area contributed by atoms with E-state index >= 15 is 0 Å². The Bertz CT molecular complexity index is 606. The van der Waals surface area contributed by atoms with E-state index in [9.17, 15) is 0 Å². The molecule has 2 aromatic rings. The van der Waals surface area contributed by atoms with Crippen LogP contribution in [0.15, 0.2) is 18.6 Å². The molecule has 0 radical (unpaired) electrons. The topological polar surface area (TPSA) is 79.7 Å². The third-order valence-electron chi connectivity index (χ3n) is 3.38. The highest BCUT2D eigenvalue weighted by Gasteiger charge is 2.14. The Balaban J connectivity index is 1.66. The molecule has 2 aromatic heterocycles.